The number of nitrogens with one attached hydrogen (secondary N) is 1. The Morgan fingerprint density at radius 1 is 1.24 bits per heavy atom. The van der Waals surface area contributed by atoms with Crippen LogP contribution in [0.4, 0.5) is 5.82 Å². The molecular weight excluding hydrogens is 304 g/mol. The molecule has 2 aliphatic rings. The second kappa shape index (κ2) is 5.85. The van der Waals surface area contributed by atoms with Crippen LogP contribution in [0, 0.1) is 0 Å². The van der Waals surface area contributed by atoms with Crippen molar-refractivity contribution < 1.29 is 9.47 Å². The van der Waals surface area contributed by atoms with Crippen LogP contribution in [0.25, 0.3) is 10.8 Å². The van der Waals surface area contributed by atoms with E-state index in [9.17, 15) is 0 Å². The zero-order valence-corrected chi connectivity index (χ0v) is 13.1. The molecule has 0 amide bonds. The third kappa shape index (κ3) is 2.74. The average molecular weight is 320 g/mol. The van der Waals surface area contributed by atoms with Gasteiger partial charge in [0.2, 0.25) is 6.79 Å². The smallest absolute Gasteiger partial charge is 0.231 e. The van der Waals surface area contributed by atoms with Crippen molar-refractivity contribution in [2.75, 3.05) is 35.9 Å². The number of benzene rings is 1. The highest BCUT2D eigenvalue weighted by molar-refractivity contribution is 8.06. The Kier molecular flexibility index (Phi) is 3.73. The van der Waals surface area contributed by atoms with Gasteiger partial charge in [-0.15, -0.1) is 0 Å². The number of nitrogens with zero attached hydrogens (tertiary/aromatic N) is 1. The Hall–Kier alpha value is -1.27. The number of aromatic nitrogens is 1. The molecule has 0 aliphatic carbocycles. The standard InChI is InChI=1S/C15H16N2O2S2/c1-2-16-15(17-7-11-8-20-3-4-21-11)12-6-14-13(5-10(1)12)18-9-19-14/h1-2,5-6,11H,3-4,7-9H2,(H,16,17). The Bertz CT molecular complexity index is 659. The monoisotopic (exact) mass is 320 g/mol. The fourth-order valence-electron chi connectivity index (χ4n) is 2.57. The Morgan fingerprint density at radius 3 is 3.00 bits per heavy atom. The largest absolute Gasteiger partial charge is 0.454 e. The van der Waals surface area contributed by atoms with E-state index in [1.807, 2.05) is 36.2 Å². The van der Waals surface area contributed by atoms with Crippen molar-refractivity contribution in [3.8, 4) is 11.5 Å². The Balaban J connectivity index is 1.59. The number of pyridine rings is 1. The quantitative estimate of drug-likeness (QED) is 0.937. The Labute approximate surface area is 132 Å². The topological polar surface area (TPSA) is 43.4 Å². The van der Waals surface area contributed by atoms with Crippen LogP contribution >= 0.6 is 23.5 Å². The molecule has 1 unspecified atom stereocenters. The van der Waals surface area contributed by atoms with Gasteiger partial charge in [-0.3, -0.25) is 0 Å². The lowest BCUT2D eigenvalue weighted by Gasteiger charge is -2.21. The van der Waals surface area contributed by atoms with E-state index in [0.717, 1.165) is 34.6 Å². The molecule has 3 heterocycles. The van der Waals surface area contributed by atoms with Gasteiger partial charge < -0.3 is 14.8 Å². The number of rotatable bonds is 3. The number of hydrogen-bond acceptors (Lipinski definition) is 6. The maximum absolute atomic E-state index is 5.47. The van der Waals surface area contributed by atoms with Crippen LogP contribution < -0.4 is 14.8 Å². The summed E-state index contributed by atoms with van der Waals surface area (Å²) in [5, 5.41) is 6.39. The van der Waals surface area contributed by atoms with Crippen molar-refractivity contribution in [1.29, 1.82) is 0 Å². The second-order valence-corrected chi connectivity index (χ2v) is 7.59. The number of ether oxygens (including phenoxy) is 2. The molecule has 0 saturated carbocycles. The van der Waals surface area contributed by atoms with E-state index in [-0.39, 0.29) is 0 Å². The van der Waals surface area contributed by atoms with Crippen LogP contribution in [0.3, 0.4) is 0 Å². The predicted molar refractivity (Wildman–Crippen MR) is 89.9 cm³/mol. The third-order valence-corrected chi connectivity index (χ3v) is 6.48. The minimum atomic E-state index is 0.303. The van der Waals surface area contributed by atoms with Gasteiger partial charge in [-0.2, -0.15) is 23.5 Å². The summed E-state index contributed by atoms with van der Waals surface area (Å²) >= 11 is 4.09. The molecule has 1 atom stereocenters. The van der Waals surface area contributed by atoms with Crippen LogP contribution in [-0.4, -0.2) is 40.8 Å². The van der Waals surface area contributed by atoms with E-state index >= 15 is 0 Å². The molecule has 4 nitrogen and oxygen atoms in total. The van der Waals surface area contributed by atoms with Crippen molar-refractivity contribution in [3.63, 3.8) is 0 Å². The average Bonchev–Trinajstić information content (AvgIpc) is 2.99. The van der Waals surface area contributed by atoms with Gasteiger partial charge in [-0.05, 0) is 23.6 Å². The van der Waals surface area contributed by atoms with Crippen molar-refractivity contribution in [3.05, 3.63) is 24.4 Å². The minimum absolute atomic E-state index is 0.303. The summed E-state index contributed by atoms with van der Waals surface area (Å²) in [6, 6.07) is 6.05. The second-order valence-electron chi connectivity index (χ2n) is 5.03. The summed E-state index contributed by atoms with van der Waals surface area (Å²) in [7, 11) is 0. The van der Waals surface area contributed by atoms with E-state index in [2.05, 4.69) is 22.1 Å². The molecule has 0 bridgehead atoms. The molecule has 1 fully saturated rings. The van der Waals surface area contributed by atoms with Crippen molar-refractivity contribution in [2.45, 2.75) is 5.25 Å². The first-order valence-electron chi connectivity index (χ1n) is 7.02. The van der Waals surface area contributed by atoms with Gasteiger partial charge in [0, 0.05) is 40.6 Å². The lowest BCUT2D eigenvalue weighted by molar-refractivity contribution is 0.174. The molecule has 4 rings (SSSR count). The molecule has 1 N–H and O–H groups in total. The maximum Gasteiger partial charge on any atom is 0.231 e. The highest BCUT2D eigenvalue weighted by atomic mass is 32.2. The van der Waals surface area contributed by atoms with E-state index in [4.69, 9.17) is 9.47 Å². The maximum atomic E-state index is 5.47. The molecular formula is C15H16N2O2S2. The van der Waals surface area contributed by atoms with E-state index in [0.29, 0.717) is 12.0 Å². The number of fused-ring (bicyclic) bond motifs is 2. The van der Waals surface area contributed by atoms with E-state index < -0.39 is 0 Å². The van der Waals surface area contributed by atoms with Crippen molar-refractivity contribution >= 4 is 40.1 Å². The summed E-state index contributed by atoms with van der Waals surface area (Å²) in [6.07, 6.45) is 1.84. The number of thioether (sulfide) groups is 2. The summed E-state index contributed by atoms with van der Waals surface area (Å²) in [5.41, 5.74) is 0. The number of anilines is 1. The SMILES string of the molecule is c1cc2cc3c(cc2c(NCC2CSCCS2)n1)OCO3. The molecule has 6 heteroatoms. The lowest BCUT2D eigenvalue weighted by Crippen LogP contribution is -2.23. The zero-order valence-electron chi connectivity index (χ0n) is 11.5. The summed E-state index contributed by atoms with van der Waals surface area (Å²) in [5.74, 6) is 6.30. The molecule has 1 saturated heterocycles. The minimum Gasteiger partial charge on any atom is -0.454 e. The fraction of sp³-hybridized carbons (Fsp3) is 0.400. The molecule has 2 aromatic rings. The summed E-state index contributed by atoms with van der Waals surface area (Å²) in [6.45, 7) is 1.26. The van der Waals surface area contributed by atoms with Gasteiger partial charge in [0.25, 0.3) is 0 Å². The third-order valence-electron chi connectivity index (χ3n) is 3.64. The normalized spacial score (nSPS) is 20.7. The molecule has 1 aromatic heterocycles. The van der Waals surface area contributed by atoms with Gasteiger partial charge in [0.15, 0.2) is 11.5 Å². The van der Waals surface area contributed by atoms with Crippen LogP contribution in [0.2, 0.25) is 0 Å². The lowest BCUT2D eigenvalue weighted by atomic mass is 10.1. The van der Waals surface area contributed by atoms with Crippen LogP contribution in [0.5, 0.6) is 11.5 Å². The first kappa shape index (κ1) is 13.4. The van der Waals surface area contributed by atoms with Crippen molar-refractivity contribution in [1.82, 2.24) is 4.98 Å². The Morgan fingerprint density at radius 2 is 2.14 bits per heavy atom. The predicted octanol–water partition coefficient (Wildman–Crippen LogP) is 3.22. The van der Waals surface area contributed by atoms with Gasteiger partial charge in [0.1, 0.15) is 5.82 Å². The number of hydrogen-bond donors (Lipinski definition) is 1. The van der Waals surface area contributed by atoms with Crippen LogP contribution in [0.15, 0.2) is 24.4 Å². The fourth-order valence-corrected chi connectivity index (χ4v) is 5.18. The first-order chi connectivity index (χ1) is 10.4. The molecule has 0 spiro atoms. The van der Waals surface area contributed by atoms with Gasteiger partial charge in [0.05, 0.1) is 0 Å². The summed E-state index contributed by atoms with van der Waals surface area (Å²) in [4.78, 5) is 4.49. The van der Waals surface area contributed by atoms with Crippen LogP contribution in [-0.2, 0) is 0 Å². The van der Waals surface area contributed by atoms with Gasteiger partial charge >= 0.3 is 0 Å². The highest BCUT2D eigenvalue weighted by Gasteiger charge is 2.17. The zero-order chi connectivity index (χ0) is 14.1. The molecule has 2 aliphatic heterocycles. The van der Waals surface area contributed by atoms with Gasteiger partial charge in [-0.25, -0.2) is 4.98 Å². The van der Waals surface area contributed by atoms with Gasteiger partial charge in [-0.1, -0.05) is 0 Å². The van der Waals surface area contributed by atoms with Crippen molar-refractivity contribution in [2.24, 2.45) is 0 Å². The summed E-state index contributed by atoms with van der Waals surface area (Å²) < 4.78 is 10.9. The first-order valence-corrected chi connectivity index (χ1v) is 9.22. The molecule has 0 radical (unpaired) electrons. The molecule has 110 valence electrons. The molecule has 21 heavy (non-hydrogen) atoms. The van der Waals surface area contributed by atoms with E-state index in [1.54, 1.807) is 0 Å². The molecule has 1 aromatic carbocycles. The van der Waals surface area contributed by atoms with E-state index in [1.165, 1.54) is 17.3 Å². The van der Waals surface area contributed by atoms with Crippen LogP contribution in [0.1, 0.15) is 0 Å². The highest BCUT2D eigenvalue weighted by Crippen LogP contribution is 2.37.